The van der Waals surface area contributed by atoms with Gasteiger partial charge in [0.2, 0.25) is 5.95 Å². The third-order valence-corrected chi connectivity index (χ3v) is 4.80. The second-order valence-electron chi connectivity index (χ2n) is 7.53. The summed E-state index contributed by atoms with van der Waals surface area (Å²) in [7, 11) is 0. The third-order valence-electron chi connectivity index (χ3n) is 4.80. The molecule has 2 saturated heterocycles. The second kappa shape index (κ2) is 7.64. The highest BCUT2D eigenvalue weighted by molar-refractivity contribution is 5.63. The Balaban J connectivity index is 1.80. The van der Waals surface area contributed by atoms with Crippen molar-refractivity contribution in [1.82, 2.24) is 19.9 Å². The number of alkyl halides is 2. The fraction of sp³-hybridized carbons (Fsp3) is 0.556. The summed E-state index contributed by atoms with van der Waals surface area (Å²) in [6, 6.07) is 1.18. The van der Waals surface area contributed by atoms with Gasteiger partial charge in [0.15, 0.2) is 5.82 Å². The van der Waals surface area contributed by atoms with Crippen molar-refractivity contribution in [1.29, 1.82) is 0 Å². The molecule has 2 fully saturated rings. The summed E-state index contributed by atoms with van der Waals surface area (Å²) in [6.07, 6.45) is -1.70. The molecule has 0 aliphatic carbocycles. The molecular weight excluding hydrogens is 386 g/mol. The van der Waals surface area contributed by atoms with E-state index in [-0.39, 0.29) is 34.9 Å². The molecule has 0 aromatic carbocycles. The lowest BCUT2D eigenvalue weighted by atomic mass is 10.0. The lowest BCUT2D eigenvalue weighted by Gasteiger charge is -2.42. The molecule has 0 bridgehead atoms. The van der Waals surface area contributed by atoms with Crippen molar-refractivity contribution >= 4 is 11.8 Å². The van der Waals surface area contributed by atoms with Crippen LogP contribution >= 0.6 is 0 Å². The van der Waals surface area contributed by atoms with Crippen molar-refractivity contribution in [3.63, 3.8) is 0 Å². The average Bonchev–Trinajstić information content (AvgIpc) is 2.64. The molecule has 11 heteroatoms. The molecule has 9 nitrogen and oxygen atoms in total. The summed E-state index contributed by atoms with van der Waals surface area (Å²) in [5, 5.41) is 0. The van der Waals surface area contributed by atoms with Crippen molar-refractivity contribution in [2.24, 2.45) is 0 Å². The molecule has 29 heavy (non-hydrogen) atoms. The van der Waals surface area contributed by atoms with Gasteiger partial charge in [0.05, 0.1) is 32.0 Å². The first kappa shape index (κ1) is 19.6. The van der Waals surface area contributed by atoms with E-state index in [1.807, 2.05) is 18.7 Å². The van der Waals surface area contributed by atoms with Crippen LogP contribution in [0.4, 0.5) is 20.5 Å². The van der Waals surface area contributed by atoms with E-state index in [2.05, 4.69) is 19.9 Å². The van der Waals surface area contributed by atoms with E-state index in [1.54, 1.807) is 0 Å². The van der Waals surface area contributed by atoms with Crippen LogP contribution in [-0.4, -0.2) is 64.6 Å². The van der Waals surface area contributed by atoms with Crippen molar-refractivity contribution in [2.75, 3.05) is 43.6 Å². The lowest BCUT2D eigenvalue weighted by Crippen LogP contribution is -2.54. The van der Waals surface area contributed by atoms with Gasteiger partial charge in [0.1, 0.15) is 11.9 Å². The summed E-state index contributed by atoms with van der Waals surface area (Å²) in [4.78, 5) is 19.1. The molecule has 156 valence electrons. The van der Waals surface area contributed by atoms with E-state index in [4.69, 9.17) is 19.9 Å². The summed E-state index contributed by atoms with van der Waals surface area (Å²) in [5.74, 6) is 0.377. The minimum absolute atomic E-state index is 0.00395. The first-order chi connectivity index (χ1) is 13.8. The maximum absolute atomic E-state index is 13.6. The monoisotopic (exact) mass is 408 g/mol. The molecule has 0 unspecified atom stereocenters. The Labute approximate surface area is 166 Å². The quantitative estimate of drug-likeness (QED) is 0.793. The Morgan fingerprint density at radius 3 is 2.69 bits per heavy atom. The molecule has 2 aromatic rings. The summed E-state index contributed by atoms with van der Waals surface area (Å²) in [6.45, 7) is 6.35. The summed E-state index contributed by atoms with van der Waals surface area (Å²) < 4.78 is 43.7. The Kier molecular flexibility index (Phi) is 5.17. The first-order valence-electron chi connectivity index (χ1n) is 9.23. The van der Waals surface area contributed by atoms with Gasteiger partial charge < -0.3 is 24.8 Å². The predicted octanol–water partition coefficient (Wildman–Crippen LogP) is 1.85. The highest BCUT2D eigenvalue weighted by Gasteiger charge is 2.34. The van der Waals surface area contributed by atoms with Gasteiger partial charge in [-0.25, -0.2) is 13.8 Å². The van der Waals surface area contributed by atoms with Crippen LogP contribution in [0.25, 0.3) is 11.4 Å². The predicted molar refractivity (Wildman–Crippen MR) is 99.9 cm³/mol. The molecule has 2 aliphatic rings. The fourth-order valence-electron chi connectivity index (χ4n) is 3.16. The van der Waals surface area contributed by atoms with E-state index >= 15 is 0 Å². The van der Waals surface area contributed by atoms with E-state index in [9.17, 15) is 8.78 Å². The zero-order chi connectivity index (χ0) is 20.6. The molecule has 0 amide bonds. The van der Waals surface area contributed by atoms with E-state index in [0.29, 0.717) is 38.9 Å². The Morgan fingerprint density at radius 1 is 1.24 bits per heavy atom. The van der Waals surface area contributed by atoms with Gasteiger partial charge in [-0.15, -0.1) is 0 Å². The van der Waals surface area contributed by atoms with Crippen LogP contribution in [0.15, 0.2) is 12.3 Å². The van der Waals surface area contributed by atoms with Crippen LogP contribution in [0.3, 0.4) is 0 Å². The van der Waals surface area contributed by atoms with Crippen LogP contribution in [-0.2, 0) is 9.47 Å². The highest BCUT2D eigenvalue weighted by Crippen LogP contribution is 2.33. The molecule has 0 atom stereocenters. The number of nitrogens with zero attached hydrogens (tertiary/aromatic N) is 5. The van der Waals surface area contributed by atoms with Crippen LogP contribution in [0.1, 0.15) is 25.8 Å². The zero-order valence-corrected chi connectivity index (χ0v) is 16.1. The number of nitrogen functional groups attached to an aromatic ring is 1. The normalized spacial score (nSPS) is 19.3. The summed E-state index contributed by atoms with van der Waals surface area (Å²) in [5.41, 5.74) is 4.98. The minimum atomic E-state index is -2.76. The number of hydrogen-bond acceptors (Lipinski definition) is 9. The standard InChI is InChI=1S/C18H22F2N6O3/c1-18(2)9-27-4-3-26(18)16-23-15(24-17(25-16)29-10-7-28-8-10)12-6-22-13(21)5-11(12)14(19)20/h5-6,10,14H,3-4,7-9H2,1-2H3,(H2,21,22). The van der Waals surface area contributed by atoms with Crippen LogP contribution in [0.5, 0.6) is 6.01 Å². The summed E-state index contributed by atoms with van der Waals surface area (Å²) >= 11 is 0. The Bertz CT molecular complexity index is 894. The highest BCUT2D eigenvalue weighted by atomic mass is 19.3. The van der Waals surface area contributed by atoms with Gasteiger partial charge >= 0.3 is 6.01 Å². The van der Waals surface area contributed by atoms with Crippen molar-refractivity contribution < 1.29 is 23.0 Å². The van der Waals surface area contributed by atoms with Crippen LogP contribution in [0, 0.1) is 0 Å². The number of hydrogen-bond donors (Lipinski definition) is 1. The van der Waals surface area contributed by atoms with Gasteiger partial charge in [0, 0.05) is 23.9 Å². The number of morpholine rings is 1. The zero-order valence-electron chi connectivity index (χ0n) is 16.1. The van der Waals surface area contributed by atoms with Crippen molar-refractivity contribution in [3.05, 3.63) is 17.8 Å². The number of rotatable bonds is 5. The molecule has 2 aliphatic heterocycles. The number of anilines is 2. The number of halogens is 2. The fourth-order valence-corrected chi connectivity index (χ4v) is 3.16. The largest absolute Gasteiger partial charge is 0.455 e. The van der Waals surface area contributed by atoms with Gasteiger partial charge in [0.25, 0.3) is 6.43 Å². The smallest absolute Gasteiger partial charge is 0.322 e. The minimum Gasteiger partial charge on any atom is -0.455 e. The molecular formula is C18H22F2N6O3. The SMILES string of the molecule is CC1(C)COCCN1c1nc(OC2COC2)nc(-c2cnc(N)cc2C(F)F)n1. The van der Waals surface area contributed by atoms with E-state index in [1.165, 1.54) is 6.20 Å². The van der Waals surface area contributed by atoms with Gasteiger partial charge in [-0.3, -0.25) is 0 Å². The number of aromatic nitrogens is 4. The number of ether oxygens (including phenoxy) is 3. The molecule has 4 heterocycles. The molecule has 0 spiro atoms. The molecule has 4 rings (SSSR count). The number of nitrogens with two attached hydrogens (primary N) is 1. The molecule has 0 radical (unpaired) electrons. The van der Waals surface area contributed by atoms with Crippen molar-refractivity contribution in [2.45, 2.75) is 31.9 Å². The average molecular weight is 408 g/mol. The van der Waals surface area contributed by atoms with Gasteiger partial charge in [-0.1, -0.05) is 0 Å². The second-order valence-corrected chi connectivity index (χ2v) is 7.53. The van der Waals surface area contributed by atoms with Crippen LogP contribution < -0.4 is 15.4 Å². The topological polar surface area (TPSA) is 109 Å². The molecule has 2 aromatic heterocycles. The van der Waals surface area contributed by atoms with Gasteiger partial charge in [-0.2, -0.15) is 15.0 Å². The maximum atomic E-state index is 13.6. The number of pyridine rings is 1. The Morgan fingerprint density at radius 2 is 2.03 bits per heavy atom. The van der Waals surface area contributed by atoms with Crippen molar-refractivity contribution in [3.8, 4) is 17.4 Å². The third kappa shape index (κ3) is 4.06. The first-order valence-corrected chi connectivity index (χ1v) is 9.23. The lowest BCUT2D eigenvalue weighted by molar-refractivity contribution is -0.0831. The maximum Gasteiger partial charge on any atom is 0.322 e. The molecule has 2 N–H and O–H groups in total. The molecule has 0 saturated carbocycles. The Hall–Kier alpha value is -2.66. The van der Waals surface area contributed by atoms with Gasteiger partial charge in [-0.05, 0) is 19.9 Å². The van der Waals surface area contributed by atoms with E-state index < -0.39 is 12.0 Å². The van der Waals surface area contributed by atoms with E-state index in [0.717, 1.165) is 6.07 Å². The van der Waals surface area contributed by atoms with Crippen LogP contribution in [0.2, 0.25) is 0 Å².